The minimum absolute atomic E-state index is 0.182. The number of halogens is 2. The molecule has 2 nitrogen and oxygen atoms in total. The maximum atomic E-state index is 6.37. The quantitative estimate of drug-likeness (QED) is 0.524. The van der Waals surface area contributed by atoms with Crippen molar-refractivity contribution in [3.63, 3.8) is 0 Å². The van der Waals surface area contributed by atoms with Crippen molar-refractivity contribution >= 4 is 39.7 Å². The SMILES string of the molecule is CC(C)(C)OCc1cccc(COC(C)(C)C)[c]1[Bi]([Cl])[Cl]. The minimum atomic E-state index is -2.65. The number of hydrogen-bond acceptors (Lipinski definition) is 2. The van der Waals surface area contributed by atoms with Crippen LogP contribution in [0.3, 0.4) is 0 Å². The molecule has 0 bridgehead atoms. The number of ether oxygens (including phenoxy) is 2. The molecule has 0 N–H and O–H groups in total. The van der Waals surface area contributed by atoms with Gasteiger partial charge in [0.05, 0.1) is 0 Å². The molecule has 0 saturated heterocycles. The van der Waals surface area contributed by atoms with Gasteiger partial charge in [-0.2, -0.15) is 0 Å². The second kappa shape index (κ2) is 7.93. The van der Waals surface area contributed by atoms with E-state index in [1.807, 2.05) is 47.6 Å². The van der Waals surface area contributed by atoms with Crippen LogP contribution in [0.5, 0.6) is 0 Å². The van der Waals surface area contributed by atoms with Crippen molar-refractivity contribution in [1.29, 1.82) is 0 Å². The van der Waals surface area contributed by atoms with Crippen LogP contribution in [0.15, 0.2) is 18.2 Å². The predicted octanol–water partition coefficient (Wildman–Crippen LogP) is 4.49. The van der Waals surface area contributed by atoms with E-state index in [1.54, 1.807) is 0 Å². The molecule has 0 heterocycles. The monoisotopic (exact) mass is 528 g/mol. The maximum absolute atomic E-state index is 6.37. The third-order valence-corrected chi connectivity index (χ3v) is 9.21. The van der Waals surface area contributed by atoms with Gasteiger partial charge in [-0.05, 0) is 0 Å². The van der Waals surface area contributed by atoms with Gasteiger partial charge in [-0.3, -0.25) is 0 Å². The topological polar surface area (TPSA) is 18.5 Å². The summed E-state index contributed by atoms with van der Waals surface area (Å²) in [5.74, 6) is 0. The van der Waals surface area contributed by atoms with E-state index in [-0.39, 0.29) is 11.2 Å². The summed E-state index contributed by atoms with van der Waals surface area (Å²) in [5, 5.41) is 0. The molecule has 21 heavy (non-hydrogen) atoms. The van der Waals surface area contributed by atoms with Gasteiger partial charge >= 0.3 is 144 Å². The zero-order valence-electron chi connectivity index (χ0n) is 13.7. The summed E-state index contributed by atoms with van der Waals surface area (Å²) in [4.78, 5) is 0. The number of benzene rings is 1. The first-order valence-corrected chi connectivity index (χ1v) is 17.3. The van der Waals surface area contributed by atoms with E-state index in [9.17, 15) is 0 Å². The molecule has 0 aliphatic heterocycles. The summed E-state index contributed by atoms with van der Waals surface area (Å²) in [6.45, 7) is 13.3. The summed E-state index contributed by atoms with van der Waals surface area (Å²) in [6.07, 6.45) is 0. The molecular formula is C16H25BiCl2O2. The summed E-state index contributed by atoms with van der Waals surface area (Å²) in [7, 11) is 12.7. The van der Waals surface area contributed by atoms with E-state index in [0.29, 0.717) is 13.2 Å². The molecule has 120 valence electrons. The van der Waals surface area contributed by atoms with Crippen LogP contribution in [0.1, 0.15) is 52.7 Å². The average molecular weight is 529 g/mol. The zero-order valence-corrected chi connectivity index (χ0v) is 18.7. The second-order valence-electron chi connectivity index (χ2n) is 6.96. The van der Waals surface area contributed by atoms with Crippen molar-refractivity contribution in [2.24, 2.45) is 0 Å². The Bertz CT molecular complexity index is 426. The standard InChI is InChI=1S/C16H25O2.Bi.2ClH/c1-15(2,3)17-11-13-8-7-9-14(10-13)12-18-16(4,5)6;;;/h7-9H,11-12H2,1-6H3;;2*1H/q;+2;;/p-2. The van der Waals surface area contributed by atoms with Crippen LogP contribution in [-0.2, 0) is 22.7 Å². The first-order chi connectivity index (χ1) is 9.49. The van der Waals surface area contributed by atoms with Gasteiger partial charge < -0.3 is 0 Å². The van der Waals surface area contributed by atoms with E-state index in [2.05, 4.69) is 12.1 Å². The van der Waals surface area contributed by atoms with Crippen molar-refractivity contribution in [2.45, 2.75) is 66.0 Å². The van der Waals surface area contributed by atoms with Crippen molar-refractivity contribution in [2.75, 3.05) is 0 Å². The van der Waals surface area contributed by atoms with Gasteiger partial charge in [0.1, 0.15) is 0 Å². The molecule has 0 fully saturated rings. The molecule has 0 aliphatic carbocycles. The average Bonchev–Trinajstić information content (AvgIpc) is 2.31. The van der Waals surface area contributed by atoms with Crippen molar-refractivity contribution in [3.8, 4) is 0 Å². The van der Waals surface area contributed by atoms with Crippen LogP contribution in [0.2, 0.25) is 0 Å². The summed E-state index contributed by atoms with van der Waals surface area (Å²) in [6, 6.07) is 6.12. The van der Waals surface area contributed by atoms with E-state index in [4.69, 9.17) is 26.5 Å². The molecule has 1 aromatic carbocycles. The molecule has 0 unspecified atom stereocenters. The molecule has 0 aliphatic rings. The number of hydrogen-bond donors (Lipinski definition) is 0. The fourth-order valence-electron chi connectivity index (χ4n) is 1.68. The Hall–Kier alpha value is 0.603. The Morgan fingerprint density at radius 3 is 1.52 bits per heavy atom. The third kappa shape index (κ3) is 7.61. The first-order valence-electron chi connectivity index (χ1n) is 7.00. The molecule has 1 rings (SSSR count). The van der Waals surface area contributed by atoms with Crippen molar-refractivity contribution in [1.82, 2.24) is 0 Å². The Labute approximate surface area is 143 Å². The molecular weight excluding hydrogens is 504 g/mol. The van der Waals surface area contributed by atoms with Gasteiger partial charge in [0.25, 0.3) is 0 Å². The second-order valence-corrected chi connectivity index (χ2v) is 18.0. The van der Waals surface area contributed by atoms with Gasteiger partial charge in [-0.25, -0.2) is 0 Å². The van der Waals surface area contributed by atoms with Crippen molar-refractivity contribution < 1.29 is 9.47 Å². The van der Waals surface area contributed by atoms with Crippen LogP contribution in [0.4, 0.5) is 0 Å². The van der Waals surface area contributed by atoms with Gasteiger partial charge in [0.15, 0.2) is 0 Å². The van der Waals surface area contributed by atoms with Crippen molar-refractivity contribution in [3.05, 3.63) is 29.3 Å². The molecule has 0 amide bonds. The fourth-order valence-corrected chi connectivity index (χ4v) is 8.26. The predicted molar refractivity (Wildman–Crippen MR) is 92.6 cm³/mol. The summed E-state index contributed by atoms with van der Waals surface area (Å²) >= 11 is -2.65. The van der Waals surface area contributed by atoms with Crippen LogP contribution >= 0.6 is 17.0 Å². The van der Waals surface area contributed by atoms with Crippen LogP contribution in [-0.4, -0.2) is 30.6 Å². The molecule has 0 radical (unpaired) electrons. The van der Waals surface area contributed by atoms with Gasteiger partial charge in [0.2, 0.25) is 0 Å². The Morgan fingerprint density at radius 1 is 0.857 bits per heavy atom. The molecule has 0 atom stereocenters. The van der Waals surface area contributed by atoms with Crippen LogP contribution in [0, 0.1) is 0 Å². The number of rotatable bonds is 5. The molecule has 1 aromatic rings. The van der Waals surface area contributed by atoms with Crippen LogP contribution in [0.25, 0.3) is 0 Å². The third-order valence-electron chi connectivity index (χ3n) is 2.69. The van der Waals surface area contributed by atoms with E-state index >= 15 is 0 Å². The first kappa shape index (κ1) is 19.6. The Balaban J connectivity index is 2.98. The van der Waals surface area contributed by atoms with E-state index < -0.39 is 19.4 Å². The van der Waals surface area contributed by atoms with Crippen LogP contribution < -0.4 is 3.27 Å². The Kier molecular flexibility index (Phi) is 7.42. The molecule has 5 heteroatoms. The molecule has 0 aromatic heterocycles. The summed E-state index contributed by atoms with van der Waals surface area (Å²) in [5.41, 5.74) is 1.83. The summed E-state index contributed by atoms with van der Waals surface area (Å²) < 4.78 is 12.9. The van der Waals surface area contributed by atoms with Gasteiger partial charge in [-0.15, -0.1) is 0 Å². The molecule has 0 saturated carbocycles. The fraction of sp³-hybridized carbons (Fsp3) is 0.625. The van der Waals surface area contributed by atoms with E-state index in [0.717, 1.165) is 14.4 Å². The van der Waals surface area contributed by atoms with E-state index in [1.165, 1.54) is 0 Å². The normalized spacial score (nSPS) is 13.0. The Morgan fingerprint density at radius 2 is 1.24 bits per heavy atom. The van der Waals surface area contributed by atoms with Gasteiger partial charge in [-0.1, -0.05) is 0 Å². The zero-order chi connectivity index (χ0) is 16.3. The molecule has 0 spiro atoms. The van der Waals surface area contributed by atoms with Gasteiger partial charge in [0, 0.05) is 0 Å².